The molecule has 3 N–H and O–H groups in total. The van der Waals surface area contributed by atoms with Gasteiger partial charge >= 0.3 is 12.1 Å². The van der Waals surface area contributed by atoms with E-state index in [1.165, 1.54) is 5.57 Å². The minimum atomic E-state index is -0.679. The lowest BCUT2D eigenvalue weighted by atomic mass is 9.98. The number of para-hydroxylation sites is 1. The van der Waals surface area contributed by atoms with Gasteiger partial charge in [0, 0.05) is 76.0 Å². The maximum atomic E-state index is 14.0. The summed E-state index contributed by atoms with van der Waals surface area (Å²) in [6.45, 7) is 19.8. The van der Waals surface area contributed by atoms with Crippen molar-refractivity contribution in [2.45, 2.75) is 85.4 Å². The van der Waals surface area contributed by atoms with Crippen LogP contribution in [0.1, 0.15) is 72.3 Å². The average Bonchev–Trinajstić information content (AvgIpc) is 3.10. The molecular formula is C37H56N8O3. The van der Waals surface area contributed by atoms with Crippen LogP contribution < -0.4 is 16.1 Å². The lowest BCUT2D eigenvalue weighted by molar-refractivity contribution is -0.135. The highest BCUT2D eigenvalue weighted by atomic mass is 16.2. The van der Waals surface area contributed by atoms with Crippen LogP contribution in [0.5, 0.6) is 0 Å². The monoisotopic (exact) mass is 660 g/mol. The molecule has 3 heterocycles. The number of allylic oxidation sites excluding steroid dienone is 3. The van der Waals surface area contributed by atoms with Gasteiger partial charge in [0.05, 0.1) is 0 Å². The van der Waals surface area contributed by atoms with Gasteiger partial charge < -0.3 is 25.3 Å². The van der Waals surface area contributed by atoms with Crippen molar-refractivity contribution in [3.05, 3.63) is 65.4 Å². The van der Waals surface area contributed by atoms with E-state index in [4.69, 9.17) is 0 Å². The fourth-order valence-electron chi connectivity index (χ4n) is 6.67. The number of carbonyl (C=O) groups excluding carboxylic acids is 3. The van der Waals surface area contributed by atoms with E-state index < -0.39 is 6.04 Å². The molecule has 262 valence electrons. The van der Waals surface area contributed by atoms with Crippen molar-refractivity contribution in [3.63, 3.8) is 0 Å². The van der Waals surface area contributed by atoms with Crippen LogP contribution in [0, 0.1) is 5.92 Å². The number of amides is 5. The number of hydrazone groups is 1. The number of fused-ring (bicyclic) bond motifs is 1. The zero-order chi connectivity index (χ0) is 34.6. The number of nitrogens with zero attached hydrogens (tertiary/aromatic N) is 5. The normalized spacial score (nSPS) is 19.5. The van der Waals surface area contributed by atoms with Crippen LogP contribution in [-0.4, -0.2) is 102 Å². The second-order valence-corrected chi connectivity index (χ2v) is 13.3. The Morgan fingerprint density at radius 2 is 1.75 bits per heavy atom. The first kappa shape index (κ1) is 36.7. The summed E-state index contributed by atoms with van der Waals surface area (Å²) < 4.78 is 0. The van der Waals surface area contributed by atoms with Gasteiger partial charge in [-0.3, -0.25) is 15.1 Å². The number of piperidine rings is 1. The Balaban J connectivity index is 1.39. The van der Waals surface area contributed by atoms with Gasteiger partial charge in [-0.15, -0.1) is 0 Å². The Morgan fingerprint density at radius 1 is 1.04 bits per heavy atom. The molecular weight excluding hydrogens is 604 g/mol. The third kappa shape index (κ3) is 9.95. The molecule has 1 aromatic rings. The van der Waals surface area contributed by atoms with Crippen LogP contribution in [0.3, 0.4) is 0 Å². The van der Waals surface area contributed by atoms with Gasteiger partial charge in [0.15, 0.2) is 0 Å². The molecule has 3 aliphatic heterocycles. The summed E-state index contributed by atoms with van der Waals surface area (Å²) in [6, 6.07) is 6.91. The standard InChI is InChI=1S/C37H56N8O3/c1-7-29(27(4)5)25-42-20-22-43(23-21-42)35(46)34(24-28(6)14-15-31(8-2)41-38-9-3)40-36(47)44-18-16-32(17-19-44)45-26-30-12-10-11-13-33(30)39-37(45)48/h9-15,29,32,34,41H,4,7-8,16-26H2,1-3,5-6H3,(H,39,48)(H,40,47)/b28-14+,31-15+,38-9-. The van der Waals surface area contributed by atoms with Crippen LogP contribution in [0.4, 0.5) is 15.3 Å². The molecule has 48 heavy (non-hydrogen) atoms. The van der Waals surface area contributed by atoms with E-state index in [0.717, 1.165) is 55.0 Å². The Bertz CT molecular complexity index is 1370. The van der Waals surface area contributed by atoms with E-state index >= 15 is 0 Å². The smallest absolute Gasteiger partial charge is 0.322 e. The predicted octanol–water partition coefficient (Wildman–Crippen LogP) is 5.55. The molecule has 1 aromatic carbocycles. The Labute approximate surface area is 287 Å². The number of urea groups is 2. The topological polar surface area (TPSA) is 113 Å². The molecule has 2 saturated heterocycles. The van der Waals surface area contributed by atoms with E-state index in [0.29, 0.717) is 57.9 Å². The molecule has 5 amide bonds. The molecule has 0 radical (unpaired) electrons. The number of rotatable bonds is 13. The van der Waals surface area contributed by atoms with Crippen LogP contribution >= 0.6 is 0 Å². The van der Waals surface area contributed by atoms with Crippen molar-refractivity contribution < 1.29 is 14.4 Å². The van der Waals surface area contributed by atoms with E-state index in [2.05, 4.69) is 53.4 Å². The van der Waals surface area contributed by atoms with Crippen molar-refractivity contribution in [1.29, 1.82) is 0 Å². The van der Waals surface area contributed by atoms with E-state index in [1.54, 1.807) is 11.1 Å². The lowest BCUT2D eigenvalue weighted by Crippen LogP contribution is -2.58. The van der Waals surface area contributed by atoms with Crippen molar-refractivity contribution in [2.75, 3.05) is 51.1 Å². The van der Waals surface area contributed by atoms with Crippen LogP contribution in [0.25, 0.3) is 0 Å². The first-order chi connectivity index (χ1) is 23.1. The summed E-state index contributed by atoms with van der Waals surface area (Å²) in [7, 11) is 0. The molecule has 0 aliphatic carbocycles. The number of anilines is 1. The van der Waals surface area contributed by atoms with Crippen LogP contribution in [-0.2, 0) is 11.3 Å². The van der Waals surface area contributed by atoms with Crippen molar-refractivity contribution in [2.24, 2.45) is 11.0 Å². The first-order valence-electron chi connectivity index (χ1n) is 17.6. The highest BCUT2D eigenvalue weighted by Crippen LogP contribution is 2.28. The number of carbonyl (C=O) groups is 3. The number of nitrogens with one attached hydrogen (secondary N) is 3. The second-order valence-electron chi connectivity index (χ2n) is 13.3. The molecule has 0 bridgehead atoms. The van der Waals surface area contributed by atoms with Crippen molar-refractivity contribution in [3.8, 4) is 0 Å². The van der Waals surface area contributed by atoms with Gasteiger partial charge in [0.2, 0.25) is 5.91 Å². The molecule has 0 saturated carbocycles. The van der Waals surface area contributed by atoms with Gasteiger partial charge in [-0.2, -0.15) is 5.10 Å². The second kappa shape index (κ2) is 17.9. The summed E-state index contributed by atoms with van der Waals surface area (Å²) in [4.78, 5) is 48.5. The molecule has 0 spiro atoms. The first-order valence-corrected chi connectivity index (χ1v) is 17.6. The molecule has 3 aliphatic rings. The van der Waals surface area contributed by atoms with E-state index in [-0.39, 0.29) is 24.0 Å². The minimum Gasteiger partial charge on any atom is -0.338 e. The van der Waals surface area contributed by atoms with Gasteiger partial charge in [-0.05, 0) is 76.5 Å². The predicted molar refractivity (Wildman–Crippen MR) is 194 cm³/mol. The number of hydrogen-bond donors (Lipinski definition) is 3. The Kier molecular flexibility index (Phi) is 13.7. The minimum absolute atomic E-state index is 0.0451. The maximum Gasteiger partial charge on any atom is 0.322 e. The largest absolute Gasteiger partial charge is 0.338 e. The molecule has 2 fully saturated rings. The number of benzene rings is 1. The van der Waals surface area contributed by atoms with E-state index in [1.807, 2.05) is 60.1 Å². The lowest BCUT2D eigenvalue weighted by Gasteiger charge is -2.41. The molecule has 2 unspecified atom stereocenters. The number of hydrogen-bond acceptors (Lipinski definition) is 6. The fourth-order valence-corrected chi connectivity index (χ4v) is 6.67. The van der Waals surface area contributed by atoms with Gasteiger partial charge in [-0.25, -0.2) is 9.59 Å². The quantitative estimate of drug-likeness (QED) is 0.111. The fraction of sp³-hybridized carbons (Fsp3) is 0.568. The van der Waals surface area contributed by atoms with E-state index in [9.17, 15) is 14.4 Å². The third-order valence-corrected chi connectivity index (χ3v) is 9.81. The summed E-state index contributed by atoms with van der Waals surface area (Å²) in [5.74, 6) is 0.407. The summed E-state index contributed by atoms with van der Waals surface area (Å²) in [5.41, 5.74) is 8.15. The molecule has 2 atom stereocenters. The van der Waals surface area contributed by atoms with Crippen molar-refractivity contribution in [1.82, 2.24) is 30.3 Å². The number of piperazine rings is 1. The third-order valence-electron chi connectivity index (χ3n) is 9.81. The number of likely N-dealkylation sites (tertiary alicyclic amines) is 1. The Hall–Kier alpha value is -4.12. The average molecular weight is 661 g/mol. The van der Waals surface area contributed by atoms with Gasteiger partial charge in [-0.1, -0.05) is 55.8 Å². The molecule has 4 rings (SSSR count). The summed E-state index contributed by atoms with van der Waals surface area (Å²) in [5, 5.41) is 10.2. The highest BCUT2D eigenvalue weighted by Gasteiger charge is 2.35. The maximum absolute atomic E-state index is 14.0. The zero-order valence-electron chi connectivity index (χ0n) is 29.6. The summed E-state index contributed by atoms with van der Waals surface area (Å²) in [6.07, 6.45) is 9.30. The van der Waals surface area contributed by atoms with Crippen molar-refractivity contribution >= 4 is 29.9 Å². The highest BCUT2D eigenvalue weighted by molar-refractivity contribution is 5.92. The molecule has 0 aromatic heterocycles. The van der Waals surface area contributed by atoms with Crippen LogP contribution in [0.2, 0.25) is 0 Å². The van der Waals surface area contributed by atoms with Gasteiger partial charge in [0.25, 0.3) is 0 Å². The van der Waals surface area contributed by atoms with Gasteiger partial charge in [0.1, 0.15) is 6.04 Å². The van der Waals surface area contributed by atoms with Crippen LogP contribution in [0.15, 0.2) is 64.9 Å². The Morgan fingerprint density at radius 3 is 2.40 bits per heavy atom. The zero-order valence-corrected chi connectivity index (χ0v) is 29.6. The SMILES string of the molecule is C=C(C)C(CC)CN1CCN(C(=O)C(C/C(C)=C/C=C(\CC)N/N=C\C)NC(=O)N2CCC(N3Cc4ccccc4NC3=O)CC2)CC1. The molecule has 11 heteroatoms. The molecule has 11 nitrogen and oxygen atoms in total. The summed E-state index contributed by atoms with van der Waals surface area (Å²) >= 11 is 0.